The quantitative estimate of drug-likeness (QED) is 0.184. The molecule has 0 amide bonds. The Hall–Kier alpha value is -6.98. The molecule has 0 saturated heterocycles. The zero-order chi connectivity index (χ0) is 34.2. The van der Waals surface area contributed by atoms with Crippen LogP contribution < -0.4 is 0 Å². The predicted octanol–water partition coefficient (Wildman–Crippen LogP) is 10.6. The summed E-state index contributed by atoms with van der Waals surface area (Å²) in [6, 6.07) is 62.1. The van der Waals surface area contributed by atoms with E-state index < -0.39 is 5.41 Å². The van der Waals surface area contributed by atoms with Crippen LogP contribution in [0.15, 0.2) is 176 Å². The number of fused-ring (bicyclic) bond motifs is 3. The van der Waals surface area contributed by atoms with Gasteiger partial charge in [0.1, 0.15) is 0 Å². The van der Waals surface area contributed by atoms with E-state index in [9.17, 15) is 0 Å². The topological polar surface area (TPSA) is 56.5 Å². The van der Waals surface area contributed by atoms with Crippen molar-refractivity contribution in [3.63, 3.8) is 0 Å². The highest BCUT2D eigenvalue weighted by Crippen LogP contribution is 2.61. The van der Waals surface area contributed by atoms with Crippen molar-refractivity contribution < 1.29 is 0 Å². The summed E-state index contributed by atoms with van der Waals surface area (Å²) in [5.74, 6) is 2.41. The summed E-state index contributed by atoms with van der Waals surface area (Å²) in [4.78, 5) is 20.7. The van der Waals surface area contributed by atoms with E-state index in [1.807, 2.05) is 60.7 Å². The summed E-state index contributed by atoms with van der Waals surface area (Å²) in [6.07, 6.45) is 0. The number of aromatic nitrogens is 5. The van der Waals surface area contributed by atoms with E-state index in [4.69, 9.17) is 19.9 Å². The number of benzene rings is 7. The molecule has 5 nitrogen and oxygen atoms in total. The molecule has 0 spiro atoms. The van der Waals surface area contributed by atoms with Crippen LogP contribution in [-0.2, 0) is 5.41 Å². The molecule has 2 aliphatic rings. The fourth-order valence-electron chi connectivity index (χ4n) is 8.59. The lowest BCUT2D eigenvalue weighted by atomic mass is 9.67. The fourth-order valence-corrected chi connectivity index (χ4v) is 8.59. The molecule has 0 fully saturated rings. The molecule has 0 unspecified atom stereocenters. The maximum atomic E-state index is 5.41. The van der Waals surface area contributed by atoms with E-state index in [-0.39, 0.29) is 0 Å². The maximum absolute atomic E-state index is 5.41. The second-order valence-electron chi connectivity index (χ2n) is 13.4. The standard InChI is InChI=1S/C47H29N5/c1-5-16-30(17-6-1)43-49-44(31-18-7-2-8-19-31)51-45(50-43)46-48-38-29-28-37-41-40-35(34-24-13-14-27-39(34)52(46)42(38)41)25-15-26-36(40)47(37,32-20-9-3-10-21-32)33-22-11-4-12-23-33/h1-29H. The monoisotopic (exact) mass is 663 g/mol. The molecule has 0 atom stereocenters. The summed E-state index contributed by atoms with van der Waals surface area (Å²) in [5.41, 5.74) is 14.1. The number of hydrogen-bond donors (Lipinski definition) is 0. The first-order valence-electron chi connectivity index (χ1n) is 17.6. The Balaban J connectivity index is 1.29. The molecular formula is C47H29N5. The van der Waals surface area contributed by atoms with Crippen LogP contribution in [0.2, 0.25) is 0 Å². The number of nitrogens with zero attached hydrogens (tertiary/aromatic N) is 5. The van der Waals surface area contributed by atoms with Crippen LogP contribution in [0.4, 0.5) is 0 Å². The molecule has 11 rings (SSSR count). The molecule has 3 heterocycles. The average Bonchev–Trinajstić information content (AvgIpc) is 3.72. The Labute approximate surface area is 300 Å². The van der Waals surface area contributed by atoms with Gasteiger partial charge >= 0.3 is 0 Å². The number of para-hydroxylation sites is 1. The molecule has 0 saturated carbocycles. The molecule has 52 heavy (non-hydrogen) atoms. The SMILES string of the molecule is c1ccc(-c2nc(-c3ccccc3)nc(-c3nc4ccc5c6c4n3-c3ccccc3-c3cccc(c3-6)C5(c3ccccc3)c3ccccc3)n2)cc1. The van der Waals surface area contributed by atoms with Gasteiger partial charge in [0.05, 0.1) is 22.1 Å². The lowest BCUT2D eigenvalue weighted by Crippen LogP contribution is -2.28. The van der Waals surface area contributed by atoms with Crippen LogP contribution in [-0.4, -0.2) is 24.5 Å². The first-order chi connectivity index (χ1) is 25.8. The molecule has 2 aromatic heterocycles. The van der Waals surface area contributed by atoms with Gasteiger partial charge in [-0.3, -0.25) is 4.57 Å². The van der Waals surface area contributed by atoms with Gasteiger partial charge in [0.2, 0.25) is 0 Å². The van der Waals surface area contributed by atoms with Gasteiger partial charge in [0.25, 0.3) is 0 Å². The second-order valence-corrected chi connectivity index (χ2v) is 13.4. The largest absolute Gasteiger partial charge is 0.288 e. The second kappa shape index (κ2) is 11.0. The first-order valence-corrected chi connectivity index (χ1v) is 17.6. The number of rotatable bonds is 5. The lowest BCUT2D eigenvalue weighted by molar-refractivity contribution is 0.769. The van der Waals surface area contributed by atoms with Crippen LogP contribution >= 0.6 is 0 Å². The molecule has 7 aromatic carbocycles. The van der Waals surface area contributed by atoms with Gasteiger partial charge in [0, 0.05) is 22.3 Å². The molecule has 1 aliphatic carbocycles. The third-order valence-corrected chi connectivity index (χ3v) is 10.7. The van der Waals surface area contributed by atoms with Crippen molar-refractivity contribution >= 4 is 11.0 Å². The van der Waals surface area contributed by atoms with Gasteiger partial charge in [0.15, 0.2) is 23.3 Å². The van der Waals surface area contributed by atoms with Crippen molar-refractivity contribution in [1.29, 1.82) is 0 Å². The van der Waals surface area contributed by atoms with Crippen LogP contribution in [0.25, 0.3) is 73.4 Å². The predicted molar refractivity (Wildman–Crippen MR) is 207 cm³/mol. The van der Waals surface area contributed by atoms with Gasteiger partial charge in [-0.25, -0.2) is 19.9 Å². The zero-order valence-electron chi connectivity index (χ0n) is 28.0. The fraction of sp³-hybridized carbons (Fsp3) is 0.0213. The molecule has 9 aromatic rings. The van der Waals surface area contributed by atoms with E-state index >= 15 is 0 Å². The molecule has 0 bridgehead atoms. The minimum atomic E-state index is -0.535. The normalized spacial score (nSPS) is 13.2. The van der Waals surface area contributed by atoms with Crippen LogP contribution in [0.1, 0.15) is 22.3 Å². The van der Waals surface area contributed by atoms with Gasteiger partial charge in [-0.2, -0.15) is 0 Å². The first kappa shape index (κ1) is 28.8. The van der Waals surface area contributed by atoms with Crippen molar-refractivity contribution in [1.82, 2.24) is 24.5 Å². The minimum Gasteiger partial charge on any atom is -0.288 e. The molecule has 0 N–H and O–H groups in total. The Morgan fingerprint density at radius 3 is 1.54 bits per heavy atom. The lowest BCUT2D eigenvalue weighted by Gasteiger charge is -2.34. The van der Waals surface area contributed by atoms with E-state index in [1.165, 1.54) is 38.9 Å². The Kier molecular flexibility index (Phi) is 6.10. The minimum absolute atomic E-state index is 0.522. The van der Waals surface area contributed by atoms with Crippen molar-refractivity contribution in [3.05, 3.63) is 198 Å². The maximum Gasteiger partial charge on any atom is 0.200 e. The third-order valence-electron chi connectivity index (χ3n) is 10.7. The van der Waals surface area contributed by atoms with Crippen LogP contribution in [0.5, 0.6) is 0 Å². The van der Waals surface area contributed by atoms with E-state index in [0.717, 1.165) is 33.4 Å². The molecule has 242 valence electrons. The molecule has 1 aliphatic heterocycles. The summed E-state index contributed by atoms with van der Waals surface area (Å²) in [6.45, 7) is 0. The summed E-state index contributed by atoms with van der Waals surface area (Å²) < 4.78 is 2.30. The van der Waals surface area contributed by atoms with E-state index in [0.29, 0.717) is 23.3 Å². The third kappa shape index (κ3) is 3.93. The zero-order valence-corrected chi connectivity index (χ0v) is 28.0. The van der Waals surface area contributed by atoms with Crippen molar-refractivity contribution in [2.45, 2.75) is 5.41 Å². The smallest absolute Gasteiger partial charge is 0.200 e. The van der Waals surface area contributed by atoms with Crippen molar-refractivity contribution in [2.75, 3.05) is 0 Å². The van der Waals surface area contributed by atoms with Gasteiger partial charge < -0.3 is 0 Å². The van der Waals surface area contributed by atoms with Crippen molar-refractivity contribution in [2.24, 2.45) is 0 Å². The Morgan fingerprint density at radius 1 is 0.385 bits per heavy atom. The highest BCUT2D eigenvalue weighted by molar-refractivity contribution is 6.10. The average molecular weight is 664 g/mol. The Morgan fingerprint density at radius 2 is 0.904 bits per heavy atom. The number of hydrogen-bond acceptors (Lipinski definition) is 4. The summed E-state index contributed by atoms with van der Waals surface area (Å²) in [7, 11) is 0. The highest BCUT2D eigenvalue weighted by Gasteiger charge is 2.49. The van der Waals surface area contributed by atoms with Gasteiger partial charge in [-0.1, -0.05) is 164 Å². The Bertz CT molecular complexity index is 2730. The van der Waals surface area contributed by atoms with Crippen LogP contribution in [0.3, 0.4) is 0 Å². The molecule has 5 heteroatoms. The van der Waals surface area contributed by atoms with E-state index in [2.05, 4.69) is 120 Å². The highest BCUT2D eigenvalue weighted by atomic mass is 15.2. The molecular weight excluding hydrogens is 635 g/mol. The van der Waals surface area contributed by atoms with Gasteiger partial charge in [-0.15, -0.1) is 0 Å². The van der Waals surface area contributed by atoms with Crippen molar-refractivity contribution in [3.8, 4) is 62.4 Å². The van der Waals surface area contributed by atoms with Crippen LogP contribution in [0, 0.1) is 0 Å². The molecule has 0 radical (unpaired) electrons. The summed E-state index contributed by atoms with van der Waals surface area (Å²) >= 11 is 0. The number of imidazole rings is 1. The van der Waals surface area contributed by atoms with Gasteiger partial charge in [-0.05, 0) is 45.5 Å². The summed E-state index contributed by atoms with van der Waals surface area (Å²) in [5, 5.41) is 0. The van der Waals surface area contributed by atoms with E-state index in [1.54, 1.807) is 0 Å².